The van der Waals surface area contributed by atoms with Crippen LogP contribution in [0, 0.1) is 40.4 Å². The third kappa shape index (κ3) is 6.32. The van der Waals surface area contributed by atoms with Gasteiger partial charge < -0.3 is 19.7 Å². The van der Waals surface area contributed by atoms with E-state index in [-0.39, 0.29) is 42.6 Å². The second-order valence-corrected chi connectivity index (χ2v) is 16.5. The minimum atomic E-state index is -2.77. The van der Waals surface area contributed by atoms with Crippen molar-refractivity contribution < 1.29 is 48.5 Å². The number of Topliss-reactive ketones (excluding diaryl/α,β-unsaturated/α-hetero) is 5. The molecule has 0 amide bonds. The first-order chi connectivity index (χ1) is 25.9. The number of aromatic hydroxyl groups is 1. The number of aryl methyl sites for hydroxylation is 1. The number of carbonyl (C=O) groups is 6. The first-order valence-corrected chi connectivity index (χ1v) is 19.1. The van der Waals surface area contributed by atoms with Crippen molar-refractivity contribution in [2.75, 3.05) is 13.7 Å². The van der Waals surface area contributed by atoms with Crippen LogP contribution in [0.15, 0.2) is 60.7 Å². The summed E-state index contributed by atoms with van der Waals surface area (Å²) in [6.45, 7) is 9.98. The normalized spacial score (nSPS) is 27.9. The Hall–Kier alpha value is -4.96. The molecule has 2 saturated carbocycles. The Labute approximate surface area is 321 Å². The number of hydrogen-bond donors (Lipinski definition) is 2. The minimum absolute atomic E-state index is 0.0496. The zero-order chi connectivity index (χ0) is 40.2. The fraction of sp³-hybridized carbons (Fsp3) is 0.467. The van der Waals surface area contributed by atoms with Gasteiger partial charge in [0.2, 0.25) is 0 Å². The van der Waals surface area contributed by atoms with Crippen LogP contribution in [0.2, 0.25) is 0 Å². The highest BCUT2D eigenvalue weighted by Gasteiger charge is 2.76. The number of phenolic OH excluding ortho intramolecular Hbond substituents is 1. The van der Waals surface area contributed by atoms with Crippen LogP contribution in [0.5, 0.6) is 11.5 Å². The molecule has 3 aromatic carbocycles. The molecule has 10 heteroatoms. The Bertz CT molecular complexity index is 2080. The summed E-state index contributed by atoms with van der Waals surface area (Å²) < 4.78 is 11.2. The summed E-state index contributed by atoms with van der Waals surface area (Å²) in [5.41, 5.74) is -2.02. The highest BCUT2D eigenvalue weighted by molar-refractivity contribution is 6.32. The van der Waals surface area contributed by atoms with Crippen molar-refractivity contribution in [3.63, 3.8) is 0 Å². The molecule has 4 unspecified atom stereocenters. The second-order valence-electron chi connectivity index (χ2n) is 16.5. The highest BCUT2D eigenvalue weighted by atomic mass is 16.5. The van der Waals surface area contributed by atoms with Gasteiger partial charge in [-0.1, -0.05) is 70.2 Å². The number of aliphatic hydroxyl groups is 1. The molecule has 3 aromatic rings. The summed E-state index contributed by atoms with van der Waals surface area (Å²) in [5, 5.41) is 23.6. The van der Waals surface area contributed by atoms with Gasteiger partial charge in [0.1, 0.15) is 23.2 Å². The average Bonchev–Trinajstić information content (AvgIpc) is 3.11. The van der Waals surface area contributed by atoms with Crippen LogP contribution in [0.25, 0.3) is 11.1 Å². The van der Waals surface area contributed by atoms with E-state index in [0.29, 0.717) is 41.7 Å². The Morgan fingerprint density at radius 3 is 2.24 bits per heavy atom. The third-order valence-electron chi connectivity index (χ3n) is 12.5. The predicted molar refractivity (Wildman–Crippen MR) is 204 cm³/mol. The number of hydrogen-bond acceptors (Lipinski definition) is 10. The van der Waals surface area contributed by atoms with E-state index in [1.165, 1.54) is 13.2 Å². The van der Waals surface area contributed by atoms with Crippen LogP contribution in [0.3, 0.4) is 0 Å². The standard InChI is InChI=1S/C45H50O10/c1-8-55-42(52)28(20-26-12-10-9-11-13-26)16-14-27-15-19-33(54-7)30(21-27)29-17-18-32(47)35-31(29)22-43(5)23-44(6)36(24(2)3)38(48)34(25(4)46)40(50)45(44,53)41(51)37(43)39(35)49/h9-13,15,17-19,21,24,28,34,36-37,47,53H,8,14,16,20,22-23H2,1-7H3/t28?,34?,36?,37?,43-,44-,45+/m1/s1. The first kappa shape index (κ1) is 39.7. The zero-order valence-electron chi connectivity index (χ0n) is 32.6. The van der Waals surface area contributed by atoms with Gasteiger partial charge in [0, 0.05) is 16.9 Å². The number of methoxy groups -OCH3 is 1. The largest absolute Gasteiger partial charge is 0.507 e. The Kier molecular flexibility index (Phi) is 10.5. The molecule has 0 heterocycles. The predicted octanol–water partition coefficient (Wildman–Crippen LogP) is 6.12. The van der Waals surface area contributed by atoms with E-state index in [1.807, 2.05) is 48.5 Å². The van der Waals surface area contributed by atoms with Gasteiger partial charge in [0.15, 0.2) is 28.7 Å². The van der Waals surface area contributed by atoms with Gasteiger partial charge in [-0.15, -0.1) is 0 Å². The van der Waals surface area contributed by atoms with Crippen molar-refractivity contribution in [1.82, 2.24) is 0 Å². The number of carbonyl (C=O) groups excluding carboxylic acids is 6. The lowest BCUT2D eigenvalue weighted by molar-refractivity contribution is -0.205. The number of rotatable bonds is 11. The van der Waals surface area contributed by atoms with Gasteiger partial charge in [-0.05, 0) is 97.7 Å². The highest BCUT2D eigenvalue weighted by Crippen LogP contribution is 2.64. The molecule has 2 N–H and O–H groups in total. The van der Waals surface area contributed by atoms with Crippen molar-refractivity contribution in [2.45, 2.75) is 79.2 Å². The lowest BCUT2D eigenvalue weighted by Gasteiger charge is -2.61. The molecule has 6 rings (SSSR count). The minimum Gasteiger partial charge on any atom is -0.507 e. The van der Waals surface area contributed by atoms with E-state index in [2.05, 4.69) is 0 Å². The molecule has 3 aliphatic rings. The van der Waals surface area contributed by atoms with Gasteiger partial charge in [-0.25, -0.2) is 0 Å². The van der Waals surface area contributed by atoms with Crippen molar-refractivity contribution in [3.05, 3.63) is 82.9 Å². The molecule has 3 aliphatic carbocycles. The monoisotopic (exact) mass is 750 g/mol. The summed E-state index contributed by atoms with van der Waals surface area (Å²) in [4.78, 5) is 83.0. The SMILES string of the molecule is CCOC(=O)C(CCc1ccc(OC)c(-c2ccc(O)c3c2C[C@]2(C)C[C@]4(C)C(C(C)C)C(=O)C(C(C)=O)C(=O)[C@]4(O)C(=O)C2C3=O)c1)Cc1ccccc1. The van der Waals surface area contributed by atoms with E-state index < -0.39 is 69.0 Å². The maximum atomic E-state index is 14.7. The summed E-state index contributed by atoms with van der Waals surface area (Å²) in [5.74, 6) is -9.62. The second kappa shape index (κ2) is 14.6. The Morgan fingerprint density at radius 1 is 0.927 bits per heavy atom. The lowest BCUT2D eigenvalue weighted by Crippen LogP contribution is -2.76. The number of esters is 1. The maximum absolute atomic E-state index is 14.7. The Balaban J connectivity index is 1.42. The summed E-state index contributed by atoms with van der Waals surface area (Å²) in [7, 11) is 1.53. The molecule has 2 fully saturated rings. The fourth-order valence-electron chi connectivity index (χ4n) is 10.3. The number of ether oxygens (including phenoxy) is 2. The molecule has 290 valence electrons. The summed E-state index contributed by atoms with van der Waals surface area (Å²) >= 11 is 0. The molecule has 0 radical (unpaired) electrons. The van der Waals surface area contributed by atoms with Crippen molar-refractivity contribution in [3.8, 4) is 22.6 Å². The number of ketones is 5. The van der Waals surface area contributed by atoms with Crippen LogP contribution < -0.4 is 4.74 Å². The van der Waals surface area contributed by atoms with Crippen LogP contribution in [-0.4, -0.2) is 64.4 Å². The van der Waals surface area contributed by atoms with E-state index in [1.54, 1.807) is 40.7 Å². The summed E-state index contributed by atoms with van der Waals surface area (Å²) in [6, 6.07) is 18.5. The molecular weight excluding hydrogens is 700 g/mol. The van der Waals surface area contributed by atoms with E-state index >= 15 is 0 Å². The molecule has 10 nitrogen and oxygen atoms in total. The van der Waals surface area contributed by atoms with Crippen molar-refractivity contribution in [1.29, 1.82) is 0 Å². The van der Waals surface area contributed by atoms with Gasteiger partial charge in [-0.2, -0.15) is 0 Å². The van der Waals surface area contributed by atoms with E-state index in [0.717, 1.165) is 18.1 Å². The average molecular weight is 751 g/mol. The van der Waals surface area contributed by atoms with Gasteiger partial charge in [0.25, 0.3) is 0 Å². The van der Waals surface area contributed by atoms with Crippen LogP contribution in [-0.2, 0) is 48.0 Å². The topological polar surface area (TPSA) is 161 Å². The lowest BCUT2D eigenvalue weighted by atomic mass is 9.40. The third-order valence-corrected chi connectivity index (χ3v) is 12.5. The number of benzene rings is 3. The molecule has 0 aromatic heterocycles. The van der Waals surface area contributed by atoms with Gasteiger partial charge >= 0.3 is 5.97 Å². The molecule has 0 bridgehead atoms. The van der Waals surface area contributed by atoms with Crippen LogP contribution in [0.4, 0.5) is 0 Å². The van der Waals surface area contributed by atoms with E-state index in [4.69, 9.17) is 9.47 Å². The molecular formula is C45H50O10. The molecule has 0 spiro atoms. The smallest absolute Gasteiger partial charge is 0.309 e. The number of fused-ring (bicyclic) bond motifs is 3. The fourth-order valence-corrected chi connectivity index (χ4v) is 10.3. The van der Waals surface area contributed by atoms with Crippen molar-refractivity contribution >= 4 is 34.9 Å². The molecule has 7 atom stereocenters. The maximum Gasteiger partial charge on any atom is 0.309 e. The van der Waals surface area contributed by atoms with Crippen molar-refractivity contribution in [2.24, 2.45) is 40.4 Å². The van der Waals surface area contributed by atoms with E-state index in [9.17, 15) is 39.0 Å². The molecule has 0 saturated heterocycles. The van der Waals surface area contributed by atoms with Crippen LogP contribution in [0.1, 0.15) is 81.4 Å². The van der Waals surface area contributed by atoms with Gasteiger partial charge in [-0.3, -0.25) is 28.8 Å². The summed E-state index contributed by atoms with van der Waals surface area (Å²) in [6.07, 6.45) is 1.60. The molecule has 55 heavy (non-hydrogen) atoms. The van der Waals surface area contributed by atoms with Gasteiger partial charge in [0.05, 0.1) is 31.1 Å². The Morgan fingerprint density at radius 2 is 1.62 bits per heavy atom. The first-order valence-electron chi connectivity index (χ1n) is 19.1. The van der Waals surface area contributed by atoms with Crippen LogP contribution >= 0.6 is 0 Å². The zero-order valence-corrected chi connectivity index (χ0v) is 32.6. The number of phenols is 1. The molecule has 0 aliphatic heterocycles. The quantitative estimate of drug-likeness (QED) is 0.173.